The number of halogens is 3. The van der Waals surface area contributed by atoms with Crippen LogP contribution in [0.4, 0.5) is 5.69 Å². The Kier molecular flexibility index (Phi) is 5.02. The van der Waals surface area contributed by atoms with Crippen molar-refractivity contribution >= 4 is 63.3 Å². The molecule has 2 unspecified atom stereocenters. The average Bonchev–Trinajstić information content (AvgIpc) is 2.70. The van der Waals surface area contributed by atoms with Crippen LogP contribution in [0.3, 0.4) is 0 Å². The summed E-state index contributed by atoms with van der Waals surface area (Å²) in [6, 6.07) is 3.86. The fourth-order valence-electron chi connectivity index (χ4n) is 2.47. The van der Waals surface area contributed by atoms with Crippen LogP contribution in [0.5, 0.6) is 0 Å². The molecule has 1 aromatic rings. The van der Waals surface area contributed by atoms with Gasteiger partial charge in [0, 0.05) is 25.7 Å². The third-order valence-corrected chi connectivity index (χ3v) is 6.71. The van der Waals surface area contributed by atoms with Crippen LogP contribution in [0.2, 0.25) is 0 Å². The van der Waals surface area contributed by atoms with Crippen molar-refractivity contribution < 1.29 is 8.42 Å². The van der Waals surface area contributed by atoms with Gasteiger partial charge in [-0.25, -0.2) is 8.42 Å². The third-order valence-electron chi connectivity index (χ3n) is 3.34. The van der Waals surface area contributed by atoms with E-state index in [0.717, 1.165) is 38.4 Å². The van der Waals surface area contributed by atoms with Gasteiger partial charge in [-0.1, -0.05) is 15.9 Å². The number of anilines is 1. The summed E-state index contributed by atoms with van der Waals surface area (Å²) in [6.45, 7) is 0. The molecular formula is C12H14Br3NO2S. The molecule has 1 aromatic carbocycles. The second-order valence-electron chi connectivity index (χ2n) is 4.79. The molecule has 0 bridgehead atoms. The highest BCUT2D eigenvalue weighted by Crippen LogP contribution is 2.37. The summed E-state index contributed by atoms with van der Waals surface area (Å²) < 4.78 is 26.4. The average molecular weight is 476 g/mol. The summed E-state index contributed by atoms with van der Waals surface area (Å²) in [4.78, 5) is 0. The molecule has 0 spiro atoms. The summed E-state index contributed by atoms with van der Waals surface area (Å²) >= 11 is 10.4. The van der Waals surface area contributed by atoms with Gasteiger partial charge < -0.3 is 5.32 Å². The predicted molar refractivity (Wildman–Crippen MR) is 89.4 cm³/mol. The SMILES string of the molecule is CS(=O)(=O)C1CCCC1Nc1c(Br)cc(Br)cc1Br. The maximum Gasteiger partial charge on any atom is 0.152 e. The highest BCUT2D eigenvalue weighted by Gasteiger charge is 2.35. The minimum Gasteiger partial charge on any atom is -0.379 e. The molecule has 2 rings (SSSR count). The van der Waals surface area contributed by atoms with E-state index in [9.17, 15) is 8.42 Å². The quantitative estimate of drug-likeness (QED) is 0.706. The maximum atomic E-state index is 11.8. The Balaban J connectivity index is 2.27. The zero-order valence-electron chi connectivity index (χ0n) is 10.3. The van der Waals surface area contributed by atoms with E-state index in [1.807, 2.05) is 12.1 Å². The Hall–Kier alpha value is 0.410. The molecule has 1 aliphatic rings. The van der Waals surface area contributed by atoms with Crippen molar-refractivity contribution in [3.05, 3.63) is 25.6 Å². The predicted octanol–water partition coefficient (Wildman–Crippen LogP) is 4.35. The molecule has 0 amide bonds. The maximum absolute atomic E-state index is 11.8. The molecule has 1 fully saturated rings. The lowest BCUT2D eigenvalue weighted by atomic mass is 10.2. The molecular weight excluding hydrogens is 462 g/mol. The first-order valence-electron chi connectivity index (χ1n) is 5.89. The number of nitrogens with one attached hydrogen (secondary N) is 1. The summed E-state index contributed by atoms with van der Waals surface area (Å²) in [5, 5.41) is 3.07. The molecule has 7 heteroatoms. The van der Waals surface area contributed by atoms with Gasteiger partial charge in [0.15, 0.2) is 9.84 Å². The number of hydrogen-bond donors (Lipinski definition) is 1. The van der Waals surface area contributed by atoms with Crippen LogP contribution in [0.1, 0.15) is 19.3 Å². The molecule has 1 aliphatic carbocycles. The molecule has 0 aliphatic heterocycles. The molecule has 3 nitrogen and oxygen atoms in total. The van der Waals surface area contributed by atoms with E-state index >= 15 is 0 Å². The number of sulfone groups is 1. The smallest absolute Gasteiger partial charge is 0.152 e. The number of benzene rings is 1. The minimum absolute atomic E-state index is 0.0243. The second kappa shape index (κ2) is 6.03. The lowest BCUT2D eigenvalue weighted by Gasteiger charge is -2.22. The van der Waals surface area contributed by atoms with Gasteiger partial charge in [-0.05, 0) is 63.3 Å². The molecule has 0 saturated heterocycles. The summed E-state index contributed by atoms with van der Waals surface area (Å²) in [6.07, 6.45) is 3.89. The van der Waals surface area contributed by atoms with E-state index < -0.39 is 9.84 Å². The highest BCUT2D eigenvalue weighted by atomic mass is 79.9. The van der Waals surface area contributed by atoms with Gasteiger partial charge >= 0.3 is 0 Å². The Morgan fingerprint density at radius 1 is 1.16 bits per heavy atom. The molecule has 0 heterocycles. The topological polar surface area (TPSA) is 46.2 Å². The molecule has 0 radical (unpaired) electrons. The lowest BCUT2D eigenvalue weighted by molar-refractivity contribution is 0.579. The van der Waals surface area contributed by atoms with Crippen LogP contribution < -0.4 is 5.32 Å². The van der Waals surface area contributed by atoms with Crippen molar-refractivity contribution in [2.75, 3.05) is 11.6 Å². The van der Waals surface area contributed by atoms with Crippen LogP contribution >= 0.6 is 47.8 Å². The number of hydrogen-bond acceptors (Lipinski definition) is 3. The van der Waals surface area contributed by atoms with E-state index in [2.05, 4.69) is 53.1 Å². The van der Waals surface area contributed by atoms with Crippen molar-refractivity contribution in [1.29, 1.82) is 0 Å². The Morgan fingerprint density at radius 3 is 2.26 bits per heavy atom. The van der Waals surface area contributed by atoms with Crippen molar-refractivity contribution in [2.45, 2.75) is 30.6 Å². The molecule has 2 atom stereocenters. The van der Waals surface area contributed by atoms with E-state index in [1.165, 1.54) is 6.26 Å². The van der Waals surface area contributed by atoms with Gasteiger partial charge in [0.05, 0.1) is 10.9 Å². The van der Waals surface area contributed by atoms with E-state index in [4.69, 9.17) is 0 Å². The summed E-state index contributed by atoms with van der Waals surface area (Å²) in [7, 11) is -3.01. The van der Waals surface area contributed by atoms with Crippen LogP contribution in [-0.4, -0.2) is 26.0 Å². The minimum atomic E-state index is -3.01. The van der Waals surface area contributed by atoms with Gasteiger partial charge in [0.25, 0.3) is 0 Å². The van der Waals surface area contributed by atoms with Crippen LogP contribution in [0.15, 0.2) is 25.6 Å². The molecule has 1 N–H and O–H groups in total. The van der Waals surface area contributed by atoms with Gasteiger partial charge in [0.1, 0.15) is 0 Å². The first kappa shape index (κ1) is 15.8. The van der Waals surface area contributed by atoms with Gasteiger partial charge in [0.2, 0.25) is 0 Å². The molecule has 19 heavy (non-hydrogen) atoms. The monoisotopic (exact) mass is 473 g/mol. The van der Waals surface area contributed by atoms with Crippen LogP contribution in [0.25, 0.3) is 0 Å². The normalized spacial score (nSPS) is 23.6. The van der Waals surface area contributed by atoms with Crippen LogP contribution in [-0.2, 0) is 9.84 Å². The second-order valence-corrected chi connectivity index (χ2v) is 9.68. The largest absolute Gasteiger partial charge is 0.379 e. The van der Waals surface area contributed by atoms with Crippen molar-refractivity contribution in [3.8, 4) is 0 Å². The molecule has 0 aromatic heterocycles. The fourth-order valence-corrected chi connectivity index (χ4v) is 6.35. The summed E-state index contributed by atoms with van der Waals surface area (Å²) in [5.41, 5.74) is 0.906. The summed E-state index contributed by atoms with van der Waals surface area (Å²) in [5.74, 6) is 0. The first-order valence-corrected chi connectivity index (χ1v) is 10.2. The van der Waals surface area contributed by atoms with Crippen molar-refractivity contribution in [3.63, 3.8) is 0 Å². The first-order chi connectivity index (χ1) is 8.79. The highest BCUT2D eigenvalue weighted by molar-refractivity contribution is 9.11. The molecule has 106 valence electrons. The van der Waals surface area contributed by atoms with Crippen LogP contribution in [0, 0.1) is 0 Å². The third kappa shape index (κ3) is 3.74. The lowest BCUT2D eigenvalue weighted by Crippen LogP contribution is -2.34. The van der Waals surface area contributed by atoms with Crippen molar-refractivity contribution in [1.82, 2.24) is 0 Å². The zero-order chi connectivity index (χ0) is 14.2. The van der Waals surface area contributed by atoms with Crippen molar-refractivity contribution in [2.24, 2.45) is 0 Å². The zero-order valence-corrected chi connectivity index (χ0v) is 15.9. The molecule has 1 saturated carbocycles. The standard InChI is InChI=1S/C12H14Br3NO2S/c1-19(17,18)11-4-2-3-10(11)16-12-8(14)5-7(13)6-9(12)15/h5-6,10-11,16H,2-4H2,1H3. The Bertz CT molecular complexity index is 566. The van der Waals surface area contributed by atoms with Gasteiger partial charge in [-0.15, -0.1) is 0 Å². The Morgan fingerprint density at radius 2 is 1.74 bits per heavy atom. The van der Waals surface area contributed by atoms with E-state index in [-0.39, 0.29) is 11.3 Å². The fraction of sp³-hybridized carbons (Fsp3) is 0.500. The van der Waals surface area contributed by atoms with E-state index in [0.29, 0.717) is 0 Å². The van der Waals surface area contributed by atoms with Gasteiger partial charge in [-0.2, -0.15) is 0 Å². The number of rotatable bonds is 3. The van der Waals surface area contributed by atoms with E-state index in [1.54, 1.807) is 0 Å². The van der Waals surface area contributed by atoms with Gasteiger partial charge in [-0.3, -0.25) is 0 Å². The Labute approximate surface area is 138 Å².